The predicted molar refractivity (Wildman–Crippen MR) is 83.8 cm³/mol. The summed E-state index contributed by atoms with van der Waals surface area (Å²) in [5.41, 5.74) is 1.04. The van der Waals surface area contributed by atoms with Crippen molar-refractivity contribution in [2.75, 3.05) is 13.2 Å². The van der Waals surface area contributed by atoms with Crippen LogP contribution in [-0.4, -0.2) is 30.4 Å². The molecule has 1 aromatic rings. The maximum absolute atomic E-state index is 12.2. The Morgan fingerprint density at radius 1 is 1.23 bits per heavy atom. The third kappa shape index (κ3) is 3.53. The Hall–Kier alpha value is -1.75. The fourth-order valence-corrected chi connectivity index (χ4v) is 3.36. The van der Waals surface area contributed by atoms with E-state index in [2.05, 4.69) is 10.6 Å². The van der Waals surface area contributed by atoms with Gasteiger partial charge in [-0.15, -0.1) is 0 Å². The fraction of sp³-hybridized carbons (Fsp3) is 0.588. The van der Waals surface area contributed by atoms with Crippen LogP contribution in [-0.2, 0) is 0 Å². The van der Waals surface area contributed by atoms with Gasteiger partial charge in [0.15, 0.2) is 0 Å². The van der Waals surface area contributed by atoms with Crippen molar-refractivity contribution < 1.29 is 14.6 Å². The van der Waals surface area contributed by atoms with Crippen LogP contribution in [0.25, 0.3) is 0 Å². The normalized spacial score (nSPS) is 27.4. The van der Waals surface area contributed by atoms with E-state index in [0.29, 0.717) is 13.2 Å². The van der Waals surface area contributed by atoms with Crippen LogP contribution in [0.1, 0.15) is 43.7 Å². The molecular formula is C17H24N2O3. The molecule has 0 radical (unpaired) electrons. The van der Waals surface area contributed by atoms with Crippen LogP contribution in [0.4, 0.5) is 4.79 Å². The molecule has 0 bridgehead atoms. The second kappa shape index (κ2) is 7.01. The third-order valence-corrected chi connectivity index (χ3v) is 4.64. The topological polar surface area (TPSA) is 70.6 Å². The van der Waals surface area contributed by atoms with Crippen molar-refractivity contribution in [2.24, 2.45) is 5.92 Å². The lowest BCUT2D eigenvalue weighted by atomic mass is 10.0. The molecule has 5 heteroatoms. The number of carbonyl (C=O) groups excluding carboxylic acids is 1. The number of aliphatic hydroxyl groups excluding tert-OH is 1. The Morgan fingerprint density at radius 3 is 2.91 bits per heavy atom. The Balaban J connectivity index is 1.57. The van der Waals surface area contributed by atoms with Gasteiger partial charge >= 0.3 is 6.03 Å². The van der Waals surface area contributed by atoms with Gasteiger partial charge in [-0.1, -0.05) is 24.6 Å². The number of para-hydroxylation sites is 1. The van der Waals surface area contributed by atoms with Crippen molar-refractivity contribution in [3.63, 3.8) is 0 Å². The van der Waals surface area contributed by atoms with Crippen LogP contribution in [0.2, 0.25) is 0 Å². The number of nitrogens with one attached hydrogen (secondary N) is 2. The molecule has 5 nitrogen and oxygen atoms in total. The zero-order chi connectivity index (χ0) is 15.4. The van der Waals surface area contributed by atoms with E-state index in [9.17, 15) is 9.90 Å². The number of carbonyl (C=O) groups is 1. The van der Waals surface area contributed by atoms with Crippen LogP contribution in [0, 0.1) is 5.92 Å². The van der Waals surface area contributed by atoms with E-state index in [1.54, 1.807) is 0 Å². The maximum atomic E-state index is 12.2. The van der Waals surface area contributed by atoms with Crippen molar-refractivity contribution >= 4 is 6.03 Å². The summed E-state index contributed by atoms with van der Waals surface area (Å²) >= 11 is 0. The number of benzene rings is 1. The van der Waals surface area contributed by atoms with Gasteiger partial charge in [0.2, 0.25) is 0 Å². The van der Waals surface area contributed by atoms with Gasteiger partial charge in [0.25, 0.3) is 0 Å². The number of amides is 2. The first-order valence-electron chi connectivity index (χ1n) is 8.18. The Kier molecular flexibility index (Phi) is 4.83. The van der Waals surface area contributed by atoms with Gasteiger partial charge in [-0.3, -0.25) is 0 Å². The Labute approximate surface area is 131 Å². The van der Waals surface area contributed by atoms with Gasteiger partial charge < -0.3 is 20.5 Å². The highest BCUT2D eigenvalue weighted by Gasteiger charge is 2.26. The predicted octanol–water partition coefficient (Wildman–Crippen LogP) is 2.36. The summed E-state index contributed by atoms with van der Waals surface area (Å²) in [5.74, 6) is 1.05. The lowest BCUT2D eigenvalue weighted by Gasteiger charge is -2.20. The molecule has 2 amide bonds. The first-order valence-corrected chi connectivity index (χ1v) is 8.18. The molecule has 3 N–H and O–H groups in total. The summed E-state index contributed by atoms with van der Waals surface area (Å²) in [7, 11) is 0. The minimum atomic E-state index is -0.271. The molecule has 1 aliphatic heterocycles. The molecule has 3 rings (SSSR count). The average Bonchev–Trinajstić information content (AvgIpc) is 2.83. The summed E-state index contributed by atoms with van der Waals surface area (Å²) in [6, 6.07) is 7.68. The standard InChI is InChI=1S/C17H24N2O3/c20-15-8-3-5-12(15)11-18-17(21)19-14-7-4-10-22-16-9-2-1-6-13(14)16/h1-2,6,9,12,14-15,20H,3-5,7-8,10-11H2,(H2,18,19,21)/t12-,14-,15-/m0/s1. The number of urea groups is 1. The summed E-state index contributed by atoms with van der Waals surface area (Å²) < 4.78 is 5.71. The van der Waals surface area contributed by atoms with Gasteiger partial charge in [-0.25, -0.2) is 4.79 Å². The second-order valence-corrected chi connectivity index (χ2v) is 6.19. The maximum Gasteiger partial charge on any atom is 0.315 e. The molecule has 1 aliphatic carbocycles. The molecule has 0 unspecified atom stereocenters. The Morgan fingerprint density at radius 2 is 2.09 bits per heavy atom. The lowest BCUT2D eigenvalue weighted by Crippen LogP contribution is -2.41. The zero-order valence-corrected chi connectivity index (χ0v) is 12.8. The molecule has 1 fully saturated rings. The van der Waals surface area contributed by atoms with Gasteiger partial charge in [0.1, 0.15) is 5.75 Å². The molecule has 0 aromatic heterocycles. The minimum Gasteiger partial charge on any atom is -0.493 e. The van der Waals surface area contributed by atoms with Crippen LogP contribution in [0.3, 0.4) is 0 Å². The molecule has 120 valence electrons. The van der Waals surface area contributed by atoms with Crippen LogP contribution in [0.5, 0.6) is 5.75 Å². The highest BCUT2D eigenvalue weighted by Crippen LogP contribution is 2.31. The lowest BCUT2D eigenvalue weighted by molar-refractivity contribution is 0.132. The van der Waals surface area contributed by atoms with Gasteiger partial charge in [-0.05, 0) is 31.7 Å². The highest BCUT2D eigenvalue weighted by molar-refractivity contribution is 5.74. The molecule has 0 saturated heterocycles. The van der Waals surface area contributed by atoms with Crippen molar-refractivity contribution in [1.82, 2.24) is 10.6 Å². The molecule has 0 spiro atoms. The number of ether oxygens (including phenoxy) is 1. The molecular weight excluding hydrogens is 280 g/mol. The third-order valence-electron chi connectivity index (χ3n) is 4.64. The molecule has 1 saturated carbocycles. The van der Waals surface area contributed by atoms with E-state index < -0.39 is 0 Å². The zero-order valence-electron chi connectivity index (χ0n) is 12.8. The number of hydrogen-bond acceptors (Lipinski definition) is 3. The number of fused-ring (bicyclic) bond motifs is 1. The van der Waals surface area contributed by atoms with E-state index in [1.165, 1.54) is 0 Å². The van der Waals surface area contributed by atoms with E-state index in [-0.39, 0.29) is 24.1 Å². The molecule has 2 aliphatic rings. The van der Waals surface area contributed by atoms with Crippen LogP contribution in [0.15, 0.2) is 24.3 Å². The van der Waals surface area contributed by atoms with E-state index in [0.717, 1.165) is 43.4 Å². The first-order chi connectivity index (χ1) is 10.7. The summed E-state index contributed by atoms with van der Waals surface area (Å²) in [4.78, 5) is 12.2. The molecule has 22 heavy (non-hydrogen) atoms. The molecule has 3 atom stereocenters. The van der Waals surface area contributed by atoms with Crippen molar-refractivity contribution in [3.05, 3.63) is 29.8 Å². The number of rotatable bonds is 3. The minimum absolute atomic E-state index is 0.0211. The van der Waals surface area contributed by atoms with Gasteiger partial charge in [-0.2, -0.15) is 0 Å². The van der Waals surface area contributed by atoms with E-state index >= 15 is 0 Å². The summed E-state index contributed by atoms with van der Waals surface area (Å²) in [6.45, 7) is 1.23. The summed E-state index contributed by atoms with van der Waals surface area (Å²) in [6.07, 6.45) is 4.40. The van der Waals surface area contributed by atoms with E-state index in [1.807, 2.05) is 24.3 Å². The smallest absolute Gasteiger partial charge is 0.315 e. The monoisotopic (exact) mass is 304 g/mol. The number of hydrogen-bond donors (Lipinski definition) is 3. The first kappa shape index (κ1) is 15.2. The highest BCUT2D eigenvalue weighted by atomic mass is 16.5. The van der Waals surface area contributed by atoms with Crippen molar-refractivity contribution in [2.45, 2.75) is 44.2 Å². The second-order valence-electron chi connectivity index (χ2n) is 6.19. The Bertz CT molecular complexity index is 520. The largest absolute Gasteiger partial charge is 0.493 e. The average molecular weight is 304 g/mol. The molecule has 1 heterocycles. The van der Waals surface area contributed by atoms with E-state index in [4.69, 9.17) is 4.74 Å². The fourth-order valence-electron chi connectivity index (χ4n) is 3.36. The quantitative estimate of drug-likeness (QED) is 0.803. The molecule has 1 aromatic carbocycles. The van der Waals surface area contributed by atoms with Gasteiger partial charge in [0.05, 0.1) is 18.8 Å². The summed E-state index contributed by atoms with van der Waals surface area (Å²) in [5, 5.41) is 15.7. The van der Waals surface area contributed by atoms with Crippen molar-refractivity contribution in [3.8, 4) is 5.75 Å². The van der Waals surface area contributed by atoms with Gasteiger partial charge in [0, 0.05) is 18.0 Å². The number of aliphatic hydroxyl groups is 1. The van der Waals surface area contributed by atoms with Crippen LogP contribution < -0.4 is 15.4 Å². The SMILES string of the molecule is O=C(NC[C@@H]1CCC[C@@H]1O)N[C@H]1CCCOc2ccccc21. The van der Waals surface area contributed by atoms with Crippen molar-refractivity contribution in [1.29, 1.82) is 0 Å². The van der Waals surface area contributed by atoms with Crippen LogP contribution >= 0.6 is 0 Å².